The molecule has 0 spiro atoms. The van der Waals surface area contributed by atoms with E-state index in [9.17, 15) is 0 Å². The molecule has 1 heterocycles. The Morgan fingerprint density at radius 3 is 2.52 bits per heavy atom. The molecule has 1 atom stereocenters. The van der Waals surface area contributed by atoms with Crippen LogP contribution in [0.1, 0.15) is 29.7 Å². The van der Waals surface area contributed by atoms with Crippen molar-refractivity contribution in [3.05, 3.63) is 65.2 Å². The van der Waals surface area contributed by atoms with E-state index in [4.69, 9.17) is 12.2 Å². The van der Waals surface area contributed by atoms with E-state index in [0.29, 0.717) is 6.04 Å². The maximum absolute atomic E-state index is 5.56. The minimum absolute atomic E-state index is 0.333. The zero-order valence-electron chi connectivity index (χ0n) is 13.9. The van der Waals surface area contributed by atoms with Crippen molar-refractivity contribution >= 4 is 23.0 Å². The summed E-state index contributed by atoms with van der Waals surface area (Å²) in [4.78, 5) is 4.59. The van der Waals surface area contributed by atoms with Gasteiger partial charge in [0, 0.05) is 11.7 Å². The Morgan fingerprint density at radius 2 is 1.78 bits per heavy atom. The highest BCUT2D eigenvalue weighted by atomic mass is 32.1. The lowest BCUT2D eigenvalue weighted by molar-refractivity contribution is 0.200. The van der Waals surface area contributed by atoms with Gasteiger partial charge in [-0.25, -0.2) is 0 Å². The topological polar surface area (TPSA) is 18.5 Å². The zero-order chi connectivity index (χ0) is 16.4. The fraction of sp³-hybridized carbons (Fsp3) is 0.316. The van der Waals surface area contributed by atoms with Crippen LogP contribution in [0.2, 0.25) is 0 Å². The maximum Gasteiger partial charge on any atom is 0.175 e. The van der Waals surface area contributed by atoms with Crippen LogP contribution < -0.4 is 10.2 Å². The third-order valence-electron chi connectivity index (χ3n) is 4.70. The van der Waals surface area contributed by atoms with E-state index in [2.05, 4.69) is 84.4 Å². The lowest BCUT2D eigenvalue weighted by Gasteiger charge is -2.41. The first-order valence-electron chi connectivity index (χ1n) is 7.98. The van der Waals surface area contributed by atoms with Crippen molar-refractivity contribution in [3.63, 3.8) is 0 Å². The second kappa shape index (κ2) is 6.69. The first-order chi connectivity index (χ1) is 11.1. The van der Waals surface area contributed by atoms with E-state index in [-0.39, 0.29) is 0 Å². The largest absolute Gasteiger partial charge is 0.349 e. The summed E-state index contributed by atoms with van der Waals surface area (Å²) in [6.45, 7) is 8.12. The number of benzene rings is 2. The molecule has 1 N–H and O–H groups in total. The van der Waals surface area contributed by atoms with Crippen molar-refractivity contribution in [2.75, 3.05) is 18.2 Å². The van der Waals surface area contributed by atoms with Gasteiger partial charge in [0.2, 0.25) is 0 Å². The predicted molar refractivity (Wildman–Crippen MR) is 101 cm³/mol. The molecule has 23 heavy (non-hydrogen) atoms. The third kappa shape index (κ3) is 3.23. The molecular weight excluding hydrogens is 302 g/mol. The minimum Gasteiger partial charge on any atom is -0.349 e. The average molecular weight is 325 g/mol. The molecule has 0 saturated carbocycles. The van der Waals surface area contributed by atoms with Gasteiger partial charge in [0.15, 0.2) is 5.11 Å². The van der Waals surface area contributed by atoms with E-state index in [1.54, 1.807) is 0 Å². The van der Waals surface area contributed by atoms with Crippen molar-refractivity contribution < 1.29 is 0 Å². The van der Waals surface area contributed by atoms with Gasteiger partial charge in [0.25, 0.3) is 0 Å². The molecule has 120 valence electrons. The SMILES string of the molecule is Cc1cccc(N2CN(C(C)c3ccccc3)CNC2=S)c1C. The van der Waals surface area contributed by atoms with E-state index >= 15 is 0 Å². The standard InChI is InChI=1S/C19H23N3S/c1-14-8-7-11-18(15(14)2)22-13-21(12-20-19(22)23)16(3)17-9-5-4-6-10-17/h4-11,16H,12-13H2,1-3H3,(H,20,23). The molecule has 4 heteroatoms. The summed E-state index contributed by atoms with van der Waals surface area (Å²) in [5.41, 5.74) is 5.08. The van der Waals surface area contributed by atoms with Crippen molar-refractivity contribution in [2.45, 2.75) is 26.8 Å². The van der Waals surface area contributed by atoms with Gasteiger partial charge >= 0.3 is 0 Å². The molecule has 1 unspecified atom stereocenters. The summed E-state index contributed by atoms with van der Waals surface area (Å²) < 4.78 is 0. The first-order valence-corrected chi connectivity index (χ1v) is 8.39. The van der Waals surface area contributed by atoms with Crippen LogP contribution in [0.3, 0.4) is 0 Å². The van der Waals surface area contributed by atoms with Crippen LogP contribution in [0.25, 0.3) is 0 Å². The van der Waals surface area contributed by atoms with Crippen molar-refractivity contribution in [1.29, 1.82) is 0 Å². The molecule has 1 fully saturated rings. The highest BCUT2D eigenvalue weighted by Crippen LogP contribution is 2.27. The van der Waals surface area contributed by atoms with Crippen LogP contribution in [-0.4, -0.2) is 23.3 Å². The number of hydrogen-bond donors (Lipinski definition) is 1. The van der Waals surface area contributed by atoms with Crippen LogP contribution in [0.5, 0.6) is 0 Å². The predicted octanol–water partition coefficient (Wildman–Crippen LogP) is 3.98. The Morgan fingerprint density at radius 1 is 1.04 bits per heavy atom. The quantitative estimate of drug-likeness (QED) is 0.860. The van der Waals surface area contributed by atoms with Crippen molar-refractivity contribution in [1.82, 2.24) is 10.2 Å². The van der Waals surface area contributed by atoms with Gasteiger partial charge in [-0.2, -0.15) is 0 Å². The molecule has 0 amide bonds. The molecule has 1 aliphatic rings. The summed E-state index contributed by atoms with van der Waals surface area (Å²) in [5.74, 6) is 0. The summed E-state index contributed by atoms with van der Waals surface area (Å²) in [7, 11) is 0. The molecule has 0 aliphatic carbocycles. The van der Waals surface area contributed by atoms with Gasteiger partial charge in [0.05, 0.1) is 13.3 Å². The van der Waals surface area contributed by atoms with Gasteiger partial charge in [-0.1, -0.05) is 42.5 Å². The van der Waals surface area contributed by atoms with E-state index in [1.165, 1.54) is 22.4 Å². The first kappa shape index (κ1) is 16.0. The Kier molecular flexibility index (Phi) is 4.64. The Balaban J connectivity index is 1.85. The van der Waals surface area contributed by atoms with Crippen molar-refractivity contribution in [3.8, 4) is 0 Å². The molecule has 1 saturated heterocycles. The van der Waals surface area contributed by atoms with Crippen LogP contribution in [0, 0.1) is 13.8 Å². The monoisotopic (exact) mass is 325 g/mol. The van der Waals surface area contributed by atoms with Crippen LogP contribution in [0.15, 0.2) is 48.5 Å². The minimum atomic E-state index is 0.333. The smallest absolute Gasteiger partial charge is 0.175 e. The lowest BCUT2D eigenvalue weighted by Crippen LogP contribution is -2.56. The Hall–Kier alpha value is -1.91. The van der Waals surface area contributed by atoms with Gasteiger partial charge in [0.1, 0.15) is 0 Å². The van der Waals surface area contributed by atoms with Gasteiger partial charge in [-0.15, -0.1) is 0 Å². The van der Waals surface area contributed by atoms with E-state index in [1.807, 2.05) is 0 Å². The summed E-state index contributed by atoms with van der Waals surface area (Å²) in [5, 5.41) is 4.16. The van der Waals surface area contributed by atoms with Crippen molar-refractivity contribution in [2.24, 2.45) is 0 Å². The molecule has 3 rings (SSSR count). The number of nitrogens with zero attached hydrogens (tertiary/aromatic N) is 2. The average Bonchev–Trinajstić information content (AvgIpc) is 2.58. The van der Waals surface area contributed by atoms with Gasteiger partial charge in [-0.05, 0) is 55.7 Å². The Bertz CT molecular complexity index is 699. The number of anilines is 1. The fourth-order valence-electron chi connectivity index (χ4n) is 2.98. The second-order valence-electron chi connectivity index (χ2n) is 6.10. The molecular formula is C19H23N3S. The molecule has 3 nitrogen and oxygen atoms in total. The van der Waals surface area contributed by atoms with Crippen LogP contribution in [-0.2, 0) is 0 Å². The highest BCUT2D eigenvalue weighted by molar-refractivity contribution is 7.80. The van der Waals surface area contributed by atoms with Crippen LogP contribution >= 0.6 is 12.2 Å². The number of aryl methyl sites for hydroxylation is 1. The molecule has 1 aliphatic heterocycles. The molecule has 0 radical (unpaired) electrons. The summed E-state index contributed by atoms with van der Waals surface area (Å²) >= 11 is 5.56. The number of nitrogens with one attached hydrogen (secondary N) is 1. The summed E-state index contributed by atoms with van der Waals surface area (Å²) in [6, 6.07) is 17.3. The fourth-order valence-corrected chi connectivity index (χ4v) is 3.20. The second-order valence-corrected chi connectivity index (χ2v) is 6.49. The van der Waals surface area contributed by atoms with Crippen LogP contribution in [0.4, 0.5) is 5.69 Å². The normalized spacial score (nSPS) is 17.0. The maximum atomic E-state index is 5.56. The molecule has 2 aromatic rings. The number of hydrogen-bond acceptors (Lipinski definition) is 2. The molecule has 2 aromatic carbocycles. The van der Waals surface area contributed by atoms with E-state index < -0.39 is 0 Å². The summed E-state index contributed by atoms with van der Waals surface area (Å²) in [6.07, 6.45) is 0. The third-order valence-corrected chi connectivity index (χ3v) is 5.06. The zero-order valence-corrected chi connectivity index (χ0v) is 14.7. The molecule has 0 bridgehead atoms. The number of thiocarbonyl (C=S) groups is 1. The Labute approximate surface area is 143 Å². The lowest BCUT2D eigenvalue weighted by atomic mass is 10.1. The number of rotatable bonds is 3. The van der Waals surface area contributed by atoms with Gasteiger partial charge in [-0.3, -0.25) is 4.90 Å². The van der Waals surface area contributed by atoms with E-state index in [0.717, 1.165) is 18.4 Å². The molecule has 0 aromatic heterocycles. The highest BCUT2D eigenvalue weighted by Gasteiger charge is 2.26. The van der Waals surface area contributed by atoms with Gasteiger partial charge < -0.3 is 10.2 Å².